The fraction of sp³-hybridized carbons (Fsp3) is 0.364. The predicted molar refractivity (Wildman–Crippen MR) is 57.6 cm³/mol. The van der Waals surface area contributed by atoms with Gasteiger partial charge >= 0.3 is 0 Å². The van der Waals surface area contributed by atoms with Crippen molar-refractivity contribution >= 4 is 0 Å². The monoisotopic (exact) mass is 219 g/mol. The van der Waals surface area contributed by atoms with Crippen molar-refractivity contribution in [2.24, 2.45) is 0 Å². The molecule has 84 valence electrons. The molecule has 0 spiro atoms. The van der Waals surface area contributed by atoms with E-state index in [9.17, 15) is 0 Å². The number of nitrogens with zero attached hydrogens (tertiary/aromatic N) is 3. The first kappa shape index (κ1) is 10.8. The molecule has 0 bridgehead atoms. The van der Waals surface area contributed by atoms with E-state index in [2.05, 4.69) is 15.1 Å². The molecule has 5 heteroatoms. The van der Waals surface area contributed by atoms with Crippen molar-refractivity contribution in [3.63, 3.8) is 0 Å². The van der Waals surface area contributed by atoms with Gasteiger partial charge in [-0.2, -0.15) is 4.98 Å². The van der Waals surface area contributed by atoms with Gasteiger partial charge in [0.15, 0.2) is 0 Å². The molecule has 0 aromatic carbocycles. The molecule has 0 aliphatic carbocycles. The van der Waals surface area contributed by atoms with Gasteiger partial charge in [0.05, 0.1) is 0 Å². The highest BCUT2D eigenvalue weighted by molar-refractivity contribution is 5.52. The fourth-order valence-corrected chi connectivity index (χ4v) is 1.36. The topological polar surface area (TPSA) is 72.0 Å². The molecule has 0 amide bonds. The van der Waals surface area contributed by atoms with E-state index in [-0.39, 0.29) is 6.61 Å². The maximum absolute atomic E-state index is 8.65. The van der Waals surface area contributed by atoms with E-state index >= 15 is 0 Å². The van der Waals surface area contributed by atoms with Crippen molar-refractivity contribution < 1.29 is 9.63 Å². The SMILES string of the molecule is OCCCCc1nc(-c2ccncc2)no1. The molecule has 16 heavy (non-hydrogen) atoms. The van der Waals surface area contributed by atoms with Crippen molar-refractivity contribution in [3.05, 3.63) is 30.4 Å². The lowest BCUT2D eigenvalue weighted by molar-refractivity contribution is 0.281. The quantitative estimate of drug-likeness (QED) is 0.770. The molecule has 5 nitrogen and oxygen atoms in total. The molecule has 0 saturated heterocycles. The number of aliphatic hydroxyl groups excluding tert-OH is 1. The molecule has 2 aromatic rings. The average Bonchev–Trinajstić information content (AvgIpc) is 2.79. The van der Waals surface area contributed by atoms with E-state index < -0.39 is 0 Å². The van der Waals surface area contributed by atoms with Crippen molar-refractivity contribution in [1.82, 2.24) is 15.1 Å². The van der Waals surface area contributed by atoms with Crippen LogP contribution in [-0.2, 0) is 6.42 Å². The molecular weight excluding hydrogens is 206 g/mol. The third-order valence-electron chi connectivity index (χ3n) is 2.21. The maximum Gasteiger partial charge on any atom is 0.226 e. The molecule has 2 aromatic heterocycles. The van der Waals surface area contributed by atoms with Gasteiger partial charge in [-0.3, -0.25) is 4.98 Å². The highest BCUT2D eigenvalue weighted by atomic mass is 16.5. The molecule has 0 saturated carbocycles. The predicted octanol–water partition coefficient (Wildman–Crippen LogP) is 1.45. The average molecular weight is 219 g/mol. The molecule has 1 N–H and O–H groups in total. The van der Waals surface area contributed by atoms with E-state index in [1.165, 1.54) is 0 Å². The minimum atomic E-state index is 0.200. The summed E-state index contributed by atoms with van der Waals surface area (Å²) in [6, 6.07) is 3.67. The largest absolute Gasteiger partial charge is 0.396 e. The zero-order valence-corrected chi connectivity index (χ0v) is 8.83. The van der Waals surface area contributed by atoms with Gasteiger partial charge in [-0.25, -0.2) is 0 Å². The van der Waals surface area contributed by atoms with Crippen molar-refractivity contribution in [2.45, 2.75) is 19.3 Å². The van der Waals surface area contributed by atoms with Gasteiger partial charge in [0.2, 0.25) is 11.7 Å². The van der Waals surface area contributed by atoms with Crippen LogP contribution in [0.15, 0.2) is 29.0 Å². The number of aliphatic hydroxyl groups is 1. The van der Waals surface area contributed by atoms with E-state index in [0.29, 0.717) is 18.1 Å². The highest BCUT2D eigenvalue weighted by Gasteiger charge is 2.07. The second-order valence-electron chi connectivity index (χ2n) is 3.43. The van der Waals surface area contributed by atoms with Crippen molar-refractivity contribution in [3.8, 4) is 11.4 Å². The summed E-state index contributed by atoms with van der Waals surface area (Å²) >= 11 is 0. The van der Waals surface area contributed by atoms with E-state index in [1.807, 2.05) is 12.1 Å². The Morgan fingerprint density at radius 2 is 2.00 bits per heavy atom. The number of hydrogen-bond donors (Lipinski definition) is 1. The normalized spacial score (nSPS) is 10.6. The van der Waals surface area contributed by atoms with Crippen LogP contribution >= 0.6 is 0 Å². The summed E-state index contributed by atoms with van der Waals surface area (Å²) < 4.78 is 5.10. The number of pyridine rings is 1. The Kier molecular flexibility index (Phi) is 3.61. The number of unbranched alkanes of at least 4 members (excludes halogenated alkanes) is 1. The van der Waals surface area contributed by atoms with Crippen LogP contribution in [0.3, 0.4) is 0 Å². The van der Waals surface area contributed by atoms with Gasteiger partial charge in [0.1, 0.15) is 0 Å². The van der Waals surface area contributed by atoms with Crippen LogP contribution in [0.5, 0.6) is 0 Å². The lowest BCUT2D eigenvalue weighted by Gasteiger charge is -1.91. The summed E-state index contributed by atoms with van der Waals surface area (Å²) in [6.07, 6.45) is 5.70. The summed E-state index contributed by atoms with van der Waals surface area (Å²) in [6.45, 7) is 0.200. The Labute approximate surface area is 93.1 Å². The minimum Gasteiger partial charge on any atom is -0.396 e. The molecule has 0 fully saturated rings. The Morgan fingerprint density at radius 1 is 1.19 bits per heavy atom. The van der Waals surface area contributed by atoms with Crippen LogP contribution in [0.1, 0.15) is 18.7 Å². The van der Waals surface area contributed by atoms with Crippen molar-refractivity contribution in [1.29, 1.82) is 0 Å². The Hall–Kier alpha value is -1.75. The van der Waals surface area contributed by atoms with Gasteiger partial charge in [-0.15, -0.1) is 0 Å². The lowest BCUT2D eigenvalue weighted by atomic mass is 10.2. The molecule has 0 radical (unpaired) electrons. The second kappa shape index (κ2) is 5.37. The molecule has 2 heterocycles. The zero-order valence-electron chi connectivity index (χ0n) is 8.83. The highest BCUT2D eigenvalue weighted by Crippen LogP contribution is 2.14. The molecule has 0 atom stereocenters. The summed E-state index contributed by atoms with van der Waals surface area (Å²) in [4.78, 5) is 8.19. The van der Waals surface area contributed by atoms with Crippen LogP contribution in [0.4, 0.5) is 0 Å². The lowest BCUT2D eigenvalue weighted by Crippen LogP contribution is -1.89. The van der Waals surface area contributed by atoms with Gasteiger partial charge in [-0.1, -0.05) is 5.16 Å². The molecule has 0 aliphatic rings. The maximum atomic E-state index is 8.65. The van der Waals surface area contributed by atoms with Crippen LogP contribution in [0.25, 0.3) is 11.4 Å². The smallest absolute Gasteiger partial charge is 0.226 e. The van der Waals surface area contributed by atoms with Crippen LogP contribution in [0.2, 0.25) is 0 Å². The first-order chi connectivity index (χ1) is 7.90. The molecule has 0 aliphatic heterocycles. The van der Waals surface area contributed by atoms with E-state index in [1.54, 1.807) is 12.4 Å². The van der Waals surface area contributed by atoms with Gasteiger partial charge < -0.3 is 9.63 Å². The summed E-state index contributed by atoms with van der Waals surface area (Å²) in [5.74, 6) is 1.20. The Bertz CT molecular complexity index is 428. The van der Waals surface area contributed by atoms with Gasteiger partial charge in [0, 0.05) is 31.0 Å². The summed E-state index contributed by atoms with van der Waals surface area (Å²) in [5.41, 5.74) is 0.896. The first-order valence-electron chi connectivity index (χ1n) is 5.24. The van der Waals surface area contributed by atoms with Crippen molar-refractivity contribution in [2.75, 3.05) is 6.61 Å². The third kappa shape index (κ3) is 2.64. The van der Waals surface area contributed by atoms with Crippen LogP contribution in [0, 0.1) is 0 Å². The number of aromatic nitrogens is 3. The van der Waals surface area contributed by atoms with Crippen LogP contribution < -0.4 is 0 Å². The fourth-order valence-electron chi connectivity index (χ4n) is 1.36. The molecule has 2 rings (SSSR count). The first-order valence-corrected chi connectivity index (χ1v) is 5.24. The third-order valence-corrected chi connectivity index (χ3v) is 2.21. The van der Waals surface area contributed by atoms with Gasteiger partial charge in [0.25, 0.3) is 0 Å². The number of rotatable bonds is 5. The molecule has 0 unspecified atom stereocenters. The number of hydrogen-bond acceptors (Lipinski definition) is 5. The number of aryl methyl sites for hydroxylation is 1. The minimum absolute atomic E-state index is 0.200. The second-order valence-corrected chi connectivity index (χ2v) is 3.43. The Balaban J connectivity index is 2.02. The van der Waals surface area contributed by atoms with Crippen LogP contribution in [-0.4, -0.2) is 26.8 Å². The van der Waals surface area contributed by atoms with E-state index in [0.717, 1.165) is 18.4 Å². The zero-order chi connectivity index (χ0) is 11.2. The summed E-state index contributed by atoms with van der Waals surface area (Å²) in [5, 5.41) is 12.5. The Morgan fingerprint density at radius 3 is 2.75 bits per heavy atom. The van der Waals surface area contributed by atoms with Gasteiger partial charge in [-0.05, 0) is 25.0 Å². The van der Waals surface area contributed by atoms with E-state index in [4.69, 9.17) is 9.63 Å². The molecular formula is C11H13N3O2. The standard InChI is InChI=1S/C11H13N3O2/c15-8-2-1-3-10-13-11(14-16-10)9-4-6-12-7-5-9/h4-7,15H,1-3,8H2. The summed E-state index contributed by atoms with van der Waals surface area (Å²) in [7, 11) is 0.